The van der Waals surface area contributed by atoms with Gasteiger partial charge in [0.1, 0.15) is 0 Å². The van der Waals surface area contributed by atoms with Crippen molar-refractivity contribution in [1.29, 1.82) is 0 Å². The van der Waals surface area contributed by atoms with Crippen LogP contribution in [0.25, 0.3) is 0 Å². The van der Waals surface area contributed by atoms with Gasteiger partial charge in [-0.2, -0.15) is 0 Å². The van der Waals surface area contributed by atoms with Gasteiger partial charge in [0.05, 0.1) is 5.92 Å². The second-order valence-electron chi connectivity index (χ2n) is 4.97. The van der Waals surface area contributed by atoms with Gasteiger partial charge in [0.15, 0.2) is 5.78 Å². The molecule has 3 fully saturated rings. The van der Waals surface area contributed by atoms with E-state index in [2.05, 4.69) is 6.92 Å². The quantitative estimate of drug-likeness (QED) is 0.475. The summed E-state index contributed by atoms with van der Waals surface area (Å²) in [7, 11) is 0. The number of ketones is 1. The number of carbonyl (C=O) groups is 2. The molecule has 3 aliphatic rings. The first-order valence-electron chi connectivity index (χ1n) is 4.77. The Morgan fingerprint density at radius 1 is 1.62 bits per heavy atom. The predicted octanol–water partition coefficient (Wildman–Crippen LogP) is 1.76. The highest BCUT2D eigenvalue weighted by atomic mass is 35.5. The fourth-order valence-corrected chi connectivity index (χ4v) is 4.18. The first-order valence-corrected chi connectivity index (χ1v) is 5.14. The Morgan fingerprint density at radius 2 is 2.31 bits per heavy atom. The van der Waals surface area contributed by atoms with Gasteiger partial charge in [0, 0.05) is 5.41 Å². The topological polar surface area (TPSA) is 34.1 Å². The first kappa shape index (κ1) is 7.98. The number of carbonyl (C=O) groups excluding carboxylic acids is 2. The lowest BCUT2D eigenvalue weighted by atomic mass is 9.79. The second-order valence-corrected chi connectivity index (χ2v) is 5.34. The average Bonchev–Trinajstić information content (AvgIpc) is 2.50. The molecule has 0 aromatic carbocycles. The molecule has 0 aliphatic heterocycles. The molecule has 70 valence electrons. The third-order valence-corrected chi connectivity index (χ3v) is 4.97. The van der Waals surface area contributed by atoms with Gasteiger partial charge in [-0.3, -0.25) is 9.59 Å². The summed E-state index contributed by atoms with van der Waals surface area (Å²) in [6, 6.07) is 0. The van der Waals surface area contributed by atoms with Crippen LogP contribution in [0.15, 0.2) is 0 Å². The van der Waals surface area contributed by atoms with Gasteiger partial charge in [-0.05, 0) is 42.2 Å². The van der Waals surface area contributed by atoms with Crippen LogP contribution in [0.5, 0.6) is 0 Å². The average molecular weight is 199 g/mol. The van der Waals surface area contributed by atoms with E-state index in [9.17, 15) is 9.59 Å². The summed E-state index contributed by atoms with van der Waals surface area (Å²) >= 11 is 5.46. The summed E-state index contributed by atoms with van der Waals surface area (Å²) < 4.78 is 0. The number of Topliss-reactive ketones (excluding diaryl/α,β-unsaturated/α-hetero) is 1. The normalized spacial score (nSPS) is 56.6. The molecule has 0 aromatic heterocycles. The third-order valence-electron chi connectivity index (χ3n) is 4.74. The van der Waals surface area contributed by atoms with Crippen molar-refractivity contribution in [2.24, 2.45) is 22.7 Å². The highest BCUT2D eigenvalue weighted by Crippen LogP contribution is 2.82. The third kappa shape index (κ3) is 0.593. The van der Waals surface area contributed by atoms with E-state index < -0.39 is 11.2 Å². The number of halogens is 1. The van der Waals surface area contributed by atoms with Crippen molar-refractivity contribution < 1.29 is 9.59 Å². The van der Waals surface area contributed by atoms with Gasteiger partial charge in [0.25, 0.3) is 0 Å². The predicted molar refractivity (Wildman–Crippen MR) is 47.2 cm³/mol. The molecule has 0 aromatic rings. The van der Waals surface area contributed by atoms with Crippen molar-refractivity contribution in [2.45, 2.75) is 26.2 Å². The van der Waals surface area contributed by atoms with Crippen LogP contribution in [0.4, 0.5) is 0 Å². The molecule has 0 amide bonds. The van der Waals surface area contributed by atoms with Crippen LogP contribution in [0.1, 0.15) is 26.2 Å². The van der Waals surface area contributed by atoms with Crippen molar-refractivity contribution in [3.8, 4) is 0 Å². The van der Waals surface area contributed by atoms with Gasteiger partial charge >= 0.3 is 0 Å². The molecule has 3 aliphatic carbocycles. The number of rotatable bonds is 1. The molecule has 13 heavy (non-hydrogen) atoms. The van der Waals surface area contributed by atoms with Crippen LogP contribution in [-0.4, -0.2) is 11.0 Å². The summed E-state index contributed by atoms with van der Waals surface area (Å²) in [5.74, 6) is -0.0644. The van der Waals surface area contributed by atoms with Gasteiger partial charge in [-0.15, -0.1) is 0 Å². The van der Waals surface area contributed by atoms with E-state index in [1.54, 1.807) is 0 Å². The zero-order chi connectivity index (χ0) is 9.43. The fourth-order valence-electron chi connectivity index (χ4n) is 3.93. The molecule has 3 rings (SSSR count). The minimum Gasteiger partial charge on any atom is -0.298 e. The lowest BCUT2D eigenvalue weighted by Crippen LogP contribution is -2.32. The largest absolute Gasteiger partial charge is 0.298 e. The van der Waals surface area contributed by atoms with E-state index in [0.717, 1.165) is 19.3 Å². The highest BCUT2D eigenvalue weighted by Gasteiger charge is 2.82. The van der Waals surface area contributed by atoms with E-state index in [1.165, 1.54) is 0 Å². The molecule has 3 heteroatoms. The Labute approximate surface area is 81.6 Å². The summed E-state index contributed by atoms with van der Waals surface area (Å²) in [4.78, 5) is 23.0. The molecule has 0 N–H and O–H groups in total. The summed E-state index contributed by atoms with van der Waals surface area (Å²) in [5.41, 5.74) is 0.0200. The maximum Gasteiger partial charge on any atom is 0.232 e. The Bertz CT molecular complexity index is 334. The standard InChI is InChI=1S/C10H11ClO2/c1-9-4-10(9)3-2-5(9)6(7(10)12)8(11)13/h5-6H,2-4H2,1H3/t5-,6?,9?,10-/m1/s1. The molecule has 2 nitrogen and oxygen atoms in total. The van der Waals surface area contributed by atoms with Crippen molar-refractivity contribution in [3.63, 3.8) is 0 Å². The molecule has 2 bridgehead atoms. The van der Waals surface area contributed by atoms with Gasteiger partial charge in [0.2, 0.25) is 5.24 Å². The molecule has 0 saturated heterocycles. The molecule has 0 spiro atoms. The fraction of sp³-hybridized carbons (Fsp3) is 0.800. The maximum atomic E-state index is 11.9. The minimum absolute atomic E-state index is 0.118. The zero-order valence-corrected chi connectivity index (χ0v) is 8.23. The molecule has 0 radical (unpaired) electrons. The smallest absolute Gasteiger partial charge is 0.232 e. The Balaban J connectivity index is 2.08. The molecule has 4 atom stereocenters. The van der Waals surface area contributed by atoms with Crippen molar-refractivity contribution >= 4 is 22.6 Å². The van der Waals surface area contributed by atoms with Crippen LogP contribution in [0.3, 0.4) is 0 Å². The highest BCUT2D eigenvalue weighted by molar-refractivity contribution is 6.66. The number of hydrogen-bond acceptors (Lipinski definition) is 2. The van der Waals surface area contributed by atoms with Crippen LogP contribution in [0, 0.1) is 22.7 Å². The van der Waals surface area contributed by atoms with Gasteiger partial charge in [-0.1, -0.05) is 6.92 Å². The second kappa shape index (κ2) is 1.85. The summed E-state index contributed by atoms with van der Waals surface area (Å²) in [6.07, 6.45) is 3.02. The Morgan fingerprint density at radius 3 is 2.62 bits per heavy atom. The molecule has 3 saturated carbocycles. The lowest BCUT2D eigenvalue weighted by molar-refractivity contribution is -0.134. The van der Waals surface area contributed by atoms with Gasteiger partial charge in [-0.25, -0.2) is 0 Å². The van der Waals surface area contributed by atoms with E-state index in [0.29, 0.717) is 0 Å². The van der Waals surface area contributed by atoms with Crippen molar-refractivity contribution in [1.82, 2.24) is 0 Å². The van der Waals surface area contributed by atoms with Crippen molar-refractivity contribution in [2.75, 3.05) is 0 Å². The number of hydrogen-bond donors (Lipinski definition) is 0. The first-order chi connectivity index (χ1) is 6.03. The molecule has 0 heterocycles. The van der Waals surface area contributed by atoms with Crippen LogP contribution in [0.2, 0.25) is 0 Å². The molecule has 2 unspecified atom stereocenters. The Hall–Kier alpha value is -0.370. The Kier molecular flexibility index (Phi) is 1.14. The SMILES string of the molecule is CC12C[C@@]13CC[C@@H]2C(C(=O)Cl)C3=O. The van der Waals surface area contributed by atoms with E-state index in [-0.39, 0.29) is 22.5 Å². The maximum absolute atomic E-state index is 11.9. The van der Waals surface area contributed by atoms with Crippen molar-refractivity contribution in [3.05, 3.63) is 0 Å². The van der Waals surface area contributed by atoms with Gasteiger partial charge < -0.3 is 0 Å². The minimum atomic E-state index is -0.464. The van der Waals surface area contributed by atoms with Crippen LogP contribution < -0.4 is 0 Å². The lowest BCUT2D eigenvalue weighted by Gasteiger charge is -2.24. The summed E-state index contributed by atoms with van der Waals surface area (Å²) in [6.45, 7) is 2.14. The van der Waals surface area contributed by atoms with Crippen LogP contribution in [-0.2, 0) is 9.59 Å². The van der Waals surface area contributed by atoms with E-state index >= 15 is 0 Å². The van der Waals surface area contributed by atoms with E-state index in [4.69, 9.17) is 11.6 Å². The molecular weight excluding hydrogens is 188 g/mol. The zero-order valence-electron chi connectivity index (χ0n) is 7.47. The monoisotopic (exact) mass is 198 g/mol. The molecular formula is C10H11ClO2. The van der Waals surface area contributed by atoms with E-state index in [1.807, 2.05) is 0 Å². The summed E-state index contributed by atoms with van der Waals surface area (Å²) in [5, 5.41) is -0.428. The van der Waals surface area contributed by atoms with Crippen LogP contribution >= 0.6 is 11.6 Å².